The molecular weight excluding hydrogens is 394 g/mol. The molecular formula is C24H19N3O4. The average Bonchev–Trinajstić information content (AvgIpc) is 3.41. The Kier molecular flexibility index (Phi) is 5.29. The zero-order chi connectivity index (χ0) is 22.0. The Morgan fingerprint density at radius 2 is 1.81 bits per heavy atom. The normalized spacial score (nSPS) is 11.6. The first-order valence-electron chi connectivity index (χ1n) is 9.66. The van der Waals surface area contributed by atoms with Gasteiger partial charge in [0.05, 0.1) is 0 Å². The first-order chi connectivity index (χ1) is 15.0. The Labute approximate surface area is 178 Å². The third-order valence-corrected chi connectivity index (χ3v) is 4.92. The maximum absolute atomic E-state index is 12.8. The minimum absolute atomic E-state index is 0.0102. The van der Waals surface area contributed by atoms with Crippen LogP contribution in [0.3, 0.4) is 0 Å². The van der Waals surface area contributed by atoms with Crippen LogP contribution >= 0.6 is 0 Å². The van der Waals surface area contributed by atoms with Crippen molar-refractivity contribution in [1.29, 1.82) is 5.26 Å². The van der Waals surface area contributed by atoms with Crippen LogP contribution in [0.2, 0.25) is 0 Å². The number of nitrogens with one attached hydrogen (secondary N) is 1. The maximum Gasteiger partial charge on any atom is 0.343 e. The van der Waals surface area contributed by atoms with Crippen LogP contribution in [0.5, 0.6) is 0 Å². The molecule has 0 spiro atoms. The smallest absolute Gasteiger partial charge is 0.343 e. The van der Waals surface area contributed by atoms with Crippen molar-refractivity contribution in [3.63, 3.8) is 0 Å². The van der Waals surface area contributed by atoms with Gasteiger partial charge in [-0.1, -0.05) is 36.4 Å². The molecule has 4 aromatic rings. The number of carbonyl (C=O) groups is 2. The summed E-state index contributed by atoms with van der Waals surface area (Å²) in [5.74, 6) is -0.802. The molecule has 0 aliphatic heterocycles. The summed E-state index contributed by atoms with van der Waals surface area (Å²) in [5.41, 5.74) is 0.689. The third kappa shape index (κ3) is 3.79. The number of aromatic nitrogens is 1. The molecule has 1 N–H and O–H groups in total. The second kappa shape index (κ2) is 8.20. The summed E-state index contributed by atoms with van der Waals surface area (Å²) in [5, 5.41) is 14.3. The predicted octanol–water partition coefficient (Wildman–Crippen LogP) is 4.59. The summed E-state index contributed by atoms with van der Waals surface area (Å²) in [6.07, 6.45) is 2.32. The standard InChI is InChI=1S/C24H19N3O4/c1-15-21(19(14-25)23(30-15)27-12-5-6-13-27)24(29)31-16(2)22(28)26-20-11-7-9-17-8-3-4-10-18(17)20/h3-13,16H,1-2H3,(H,26,28)/t16-/m1/s1. The number of benzene rings is 2. The minimum atomic E-state index is -1.08. The molecule has 7 nitrogen and oxygen atoms in total. The number of nitriles is 1. The lowest BCUT2D eigenvalue weighted by Crippen LogP contribution is -2.30. The summed E-state index contributed by atoms with van der Waals surface area (Å²) in [7, 11) is 0. The lowest BCUT2D eigenvalue weighted by atomic mass is 10.1. The molecule has 154 valence electrons. The van der Waals surface area contributed by atoms with Gasteiger partial charge in [-0.3, -0.25) is 9.36 Å². The van der Waals surface area contributed by atoms with Crippen LogP contribution in [0.15, 0.2) is 71.4 Å². The second-order valence-corrected chi connectivity index (χ2v) is 6.98. The van der Waals surface area contributed by atoms with Gasteiger partial charge in [0.2, 0.25) is 5.88 Å². The molecule has 7 heteroatoms. The minimum Gasteiger partial charge on any atom is -0.449 e. The number of amides is 1. The maximum atomic E-state index is 12.8. The molecule has 0 fully saturated rings. The van der Waals surface area contributed by atoms with Crippen LogP contribution in [0, 0.1) is 18.3 Å². The van der Waals surface area contributed by atoms with Crippen molar-refractivity contribution in [3.05, 3.63) is 83.9 Å². The van der Waals surface area contributed by atoms with E-state index in [-0.39, 0.29) is 22.8 Å². The topological polar surface area (TPSA) is 97.3 Å². The van der Waals surface area contributed by atoms with Gasteiger partial charge >= 0.3 is 5.97 Å². The lowest BCUT2D eigenvalue weighted by molar-refractivity contribution is -0.123. The van der Waals surface area contributed by atoms with Crippen molar-refractivity contribution in [1.82, 2.24) is 4.57 Å². The first-order valence-corrected chi connectivity index (χ1v) is 9.66. The van der Waals surface area contributed by atoms with E-state index in [0.717, 1.165) is 10.8 Å². The molecule has 4 rings (SSSR count). The van der Waals surface area contributed by atoms with Crippen LogP contribution < -0.4 is 5.32 Å². The fourth-order valence-electron chi connectivity index (χ4n) is 3.37. The van der Waals surface area contributed by atoms with Gasteiger partial charge in [-0.25, -0.2) is 4.79 Å². The fourth-order valence-corrected chi connectivity index (χ4v) is 3.37. The van der Waals surface area contributed by atoms with Gasteiger partial charge in [0.25, 0.3) is 5.91 Å². The van der Waals surface area contributed by atoms with Gasteiger partial charge in [0.15, 0.2) is 6.10 Å². The van der Waals surface area contributed by atoms with E-state index in [1.54, 1.807) is 42.1 Å². The molecule has 0 saturated carbocycles. The number of rotatable bonds is 5. The zero-order valence-electron chi connectivity index (χ0n) is 17.0. The summed E-state index contributed by atoms with van der Waals surface area (Å²) in [4.78, 5) is 25.5. The van der Waals surface area contributed by atoms with Crippen LogP contribution in [-0.2, 0) is 9.53 Å². The Morgan fingerprint density at radius 3 is 2.55 bits per heavy atom. The van der Waals surface area contributed by atoms with Crippen molar-refractivity contribution in [2.24, 2.45) is 0 Å². The van der Waals surface area contributed by atoms with E-state index in [0.29, 0.717) is 5.69 Å². The molecule has 2 aromatic carbocycles. The first kappa shape index (κ1) is 20.0. The van der Waals surface area contributed by atoms with Gasteiger partial charge in [0.1, 0.15) is 23.0 Å². The number of furan rings is 1. The number of aryl methyl sites for hydroxylation is 1. The monoisotopic (exact) mass is 413 g/mol. The molecule has 0 aliphatic rings. The highest BCUT2D eigenvalue weighted by atomic mass is 16.5. The van der Waals surface area contributed by atoms with E-state index in [9.17, 15) is 14.9 Å². The van der Waals surface area contributed by atoms with Crippen LogP contribution in [-0.4, -0.2) is 22.5 Å². The zero-order valence-corrected chi connectivity index (χ0v) is 17.0. The van der Waals surface area contributed by atoms with Gasteiger partial charge in [-0.2, -0.15) is 5.26 Å². The summed E-state index contributed by atoms with van der Waals surface area (Å²) in [6.45, 7) is 3.05. The molecule has 0 aliphatic carbocycles. The van der Waals surface area contributed by atoms with Crippen molar-refractivity contribution in [2.45, 2.75) is 20.0 Å². The number of fused-ring (bicyclic) bond motifs is 1. The van der Waals surface area contributed by atoms with E-state index in [2.05, 4.69) is 5.32 Å². The highest BCUT2D eigenvalue weighted by Crippen LogP contribution is 2.27. The Morgan fingerprint density at radius 1 is 1.10 bits per heavy atom. The summed E-state index contributed by atoms with van der Waals surface area (Å²) in [6, 6.07) is 18.8. The van der Waals surface area contributed by atoms with E-state index >= 15 is 0 Å². The molecule has 0 saturated heterocycles. The van der Waals surface area contributed by atoms with Crippen LogP contribution in [0.25, 0.3) is 16.7 Å². The van der Waals surface area contributed by atoms with E-state index in [1.807, 2.05) is 42.5 Å². The molecule has 0 bridgehead atoms. The largest absolute Gasteiger partial charge is 0.449 e. The molecule has 2 heterocycles. The highest BCUT2D eigenvalue weighted by Gasteiger charge is 2.28. The second-order valence-electron chi connectivity index (χ2n) is 6.98. The van der Waals surface area contributed by atoms with Crippen molar-refractivity contribution in [2.75, 3.05) is 5.32 Å². The molecule has 0 radical (unpaired) electrons. The van der Waals surface area contributed by atoms with Gasteiger partial charge < -0.3 is 14.5 Å². The number of anilines is 1. The third-order valence-electron chi connectivity index (χ3n) is 4.92. The summed E-state index contributed by atoms with van der Waals surface area (Å²) < 4.78 is 12.6. The fraction of sp³-hybridized carbons (Fsp3) is 0.125. The van der Waals surface area contributed by atoms with Crippen LogP contribution in [0.1, 0.15) is 28.6 Å². The van der Waals surface area contributed by atoms with Crippen molar-refractivity contribution >= 4 is 28.3 Å². The number of hydrogen-bond acceptors (Lipinski definition) is 5. The number of carbonyl (C=O) groups excluding carboxylic acids is 2. The molecule has 0 unspecified atom stereocenters. The predicted molar refractivity (Wildman–Crippen MR) is 115 cm³/mol. The Hall–Kier alpha value is -4.31. The SMILES string of the molecule is Cc1oc(-n2cccc2)c(C#N)c1C(=O)O[C@H](C)C(=O)Nc1cccc2ccccc12. The molecule has 31 heavy (non-hydrogen) atoms. The van der Waals surface area contributed by atoms with Crippen molar-refractivity contribution < 1.29 is 18.7 Å². The van der Waals surface area contributed by atoms with Gasteiger partial charge in [-0.15, -0.1) is 0 Å². The highest BCUT2D eigenvalue weighted by molar-refractivity contribution is 6.04. The molecule has 2 aromatic heterocycles. The number of ether oxygens (including phenoxy) is 1. The van der Waals surface area contributed by atoms with E-state index in [1.165, 1.54) is 6.92 Å². The molecule has 1 amide bonds. The number of hydrogen-bond donors (Lipinski definition) is 1. The van der Waals surface area contributed by atoms with Crippen LogP contribution in [0.4, 0.5) is 5.69 Å². The summed E-state index contributed by atoms with van der Waals surface area (Å²) >= 11 is 0. The van der Waals surface area contributed by atoms with E-state index < -0.39 is 18.0 Å². The Balaban J connectivity index is 1.54. The number of nitrogens with zero attached hydrogens (tertiary/aromatic N) is 2. The lowest BCUT2D eigenvalue weighted by Gasteiger charge is -2.14. The van der Waals surface area contributed by atoms with E-state index in [4.69, 9.17) is 9.15 Å². The number of esters is 1. The van der Waals surface area contributed by atoms with Crippen molar-refractivity contribution in [3.8, 4) is 12.0 Å². The quantitative estimate of drug-likeness (QED) is 0.483. The average molecular weight is 413 g/mol. The molecule has 1 atom stereocenters. The Bertz CT molecular complexity index is 1310. The van der Waals surface area contributed by atoms with Gasteiger partial charge in [0, 0.05) is 23.5 Å². The van der Waals surface area contributed by atoms with Gasteiger partial charge in [-0.05, 0) is 37.4 Å².